The van der Waals surface area contributed by atoms with E-state index in [9.17, 15) is 14.0 Å². The van der Waals surface area contributed by atoms with Crippen LogP contribution >= 0.6 is 11.6 Å². The van der Waals surface area contributed by atoms with Crippen molar-refractivity contribution in [2.75, 3.05) is 10.6 Å². The zero-order chi connectivity index (χ0) is 17.1. The van der Waals surface area contributed by atoms with Crippen molar-refractivity contribution in [1.29, 1.82) is 0 Å². The number of para-hydroxylation sites is 1. The molecule has 0 fully saturated rings. The molecule has 0 spiro atoms. The molecule has 0 radical (unpaired) electrons. The van der Waals surface area contributed by atoms with E-state index in [1.165, 1.54) is 18.2 Å². The highest BCUT2D eigenvalue weighted by molar-refractivity contribution is 6.31. The van der Waals surface area contributed by atoms with Crippen LogP contribution < -0.4 is 10.6 Å². The Balaban J connectivity index is 1.56. The molecule has 6 heteroatoms. The molecule has 2 amide bonds. The van der Waals surface area contributed by atoms with Gasteiger partial charge in [0.2, 0.25) is 11.8 Å². The van der Waals surface area contributed by atoms with Gasteiger partial charge < -0.3 is 10.6 Å². The van der Waals surface area contributed by atoms with Crippen LogP contribution in [0.3, 0.4) is 0 Å². The van der Waals surface area contributed by atoms with Gasteiger partial charge in [0.05, 0.1) is 5.02 Å². The van der Waals surface area contributed by atoms with Crippen molar-refractivity contribution >= 4 is 34.8 Å². The van der Waals surface area contributed by atoms with Crippen molar-refractivity contribution in [2.45, 2.75) is 19.3 Å². The van der Waals surface area contributed by atoms with Crippen LogP contribution in [-0.2, 0) is 16.0 Å². The third-order valence-corrected chi connectivity index (χ3v) is 4.33. The highest BCUT2D eigenvalue weighted by atomic mass is 35.5. The molecule has 24 heavy (non-hydrogen) atoms. The predicted molar refractivity (Wildman–Crippen MR) is 91.5 cm³/mol. The number of amides is 2. The molecule has 1 heterocycles. The lowest BCUT2D eigenvalue weighted by Crippen LogP contribution is -2.30. The average Bonchev–Trinajstić information content (AvgIpc) is 2.56. The van der Waals surface area contributed by atoms with Gasteiger partial charge in [0.25, 0.3) is 0 Å². The van der Waals surface area contributed by atoms with E-state index < -0.39 is 5.82 Å². The van der Waals surface area contributed by atoms with E-state index in [4.69, 9.17) is 11.6 Å². The number of rotatable bonds is 4. The van der Waals surface area contributed by atoms with Gasteiger partial charge in [-0.2, -0.15) is 0 Å². The lowest BCUT2D eigenvalue weighted by atomic mass is 9.89. The molecule has 2 N–H and O–H groups in total. The quantitative estimate of drug-likeness (QED) is 0.878. The van der Waals surface area contributed by atoms with Crippen LogP contribution in [0.2, 0.25) is 5.02 Å². The largest absolute Gasteiger partial charge is 0.326 e. The number of benzene rings is 2. The Hall–Kier alpha value is -2.40. The van der Waals surface area contributed by atoms with E-state index in [-0.39, 0.29) is 29.2 Å². The summed E-state index contributed by atoms with van der Waals surface area (Å²) in [5.41, 5.74) is 2.35. The van der Waals surface area contributed by atoms with E-state index in [1.807, 2.05) is 24.3 Å². The topological polar surface area (TPSA) is 58.2 Å². The summed E-state index contributed by atoms with van der Waals surface area (Å²) in [7, 11) is 0. The molecule has 0 aromatic heterocycles. The van der Waals surface area contributed by atoms with Gasteiger partial charge in [-0.1, -0.05) is 29.8 Å². The molecule has 0 aliphatic carbocycles. The first-order valence-corrected chi connectivity index (χ1v) is 8.04. The zero-order valence-electron chi connectivity index (χ0n) is 12.8. The predicted octanol–water partition coefficient (Wildman–Crippen LogP) is 4.01. The van der Waals surface area contributed by atoms with Crippen LogP contribution in [0.25, 0.3) is 0 Å². The monoisotopic (exact) mass is 346 g/mol. The van der Waals surface area contributed by atoms with E-state index in [2.05, 4.69) is 10.6 Å². The van der Waals surface area contributed by atoms with Crippen LogP contribution in [0, 0.1) is 11.7 Å². The Kier molecular flexibility index (Phi) is 4.81. The van der Waals surface area contributed by atoms with E-state index >= 15 is 0 Å². The smallest absolute Gasteiger partial charge is 0.227 e. The summed E-state index contributed by atoms with van der Waals surface area (Å²) in [5.74, 6) is -1.06. The van der Waals surface area contributed by atoms with Crippen LogP contribution in [-0.4, -0.2) is 11.8 Å². The summed E-state index contributed by atoms with van der Waals surface area (Å²) >= 11 is 5.68. The molecule has 0 saturated carbocycles. The molecule has 0 saturated heterocycles. The molecule has 4 nitrogen and oxygen atoms in total. The minimum Gasteiger partial charge on any atom is -0.326 e. The van der Waals surface area contributed by atoms with Crippen LogP contribution in [0.1, 0.15) is 18.4 Å². The summed E-state index contributed by atoms with van der Waals surface area (Å²) in [5, 5.41) is 5.48. The molecular weight excluding hydrogens is 331 g/mol. The minimum absolute atomic E-state index is 0.0453. The number of nitrogens with one attached hydrogen (secondary N) is 2. The first-order valence-electron chi connectivity index (χ1n) is 7.66. The molecule has 1 aliphatic heterocycles. The van der Waals surface area contributed by atoms with Crippen LogP contribution in [0.4, 0.5) is 15.8 Å². The minimum atomic E-state index is -0.535. The summed E-state index contributed by atoms with van der Waals surface area (Å²) in [4.78, 5) is 24.1. The highest BCUT2D eigenvalue weighted by Gasteiger charge is 2.26. The van der Waals surface area contributed by atoms with Crippen molar-refractivity contribution in [3.8, 4) is 0 Å². The summed E-state index contributed by atoms with van der Waals surface area (Å²) in [6.45, 7) is 0. The van der Waals surface area contributed by atoms with Crippen molar-refractivity contribution in [2.24, 2.45) is 5.92 Å². The second-order valence-corrected chi connectivity index (χ2v) is 6.17. The van der Waals surface area contributed by atoms with Gasteiger partial charge in [0.15, 0.2) is 0 Å². The van der Waals surface area contributed by atoms with Gasteiger partial charge in [-0.15, -0.1) is 0 Å². The Morgan fingerprint density at radius 1 is 1.29 bits per heavy atom. The molecule has 1 unspecified atom stereocenters. The Labute approximate surface area is 144 Å². The standard InChI is InChI=1S/C18H16ClFN2O2/c19-14-10-13(6-7-15(14)20)21-17(23)8-5-12-9-11-3-1-2-4-16(11)22-18(12)24/h1-4,6-7,10,12H,5,8-9H2,(H,21,23)(H,22,24). The van der Waals surface area contributed by atoms with Gasteiger partial charge in [0.1, 0.15) is 5.82 Å². The maximum Gasteiger partial charge on any atom is 0.227 e. The number of hydrogen-bond acceptors (Lipinski definition) is 2. The number of anilines is 2. The van der Waals surface area contributed by atoms with Crippen molar-refractivity contribution < 1.29 is 14.0 Å². The van der Waals surface area contributed by atoms with Gasteiger partial charge in [-0.3, -0.25) is 9.59 Å². The fraction of sp³-hybridized carbons (Fsp3) is 0.222. The second-order valence-electron chi connectivity index (χ2n) is 5.76. The lowest BCUT2D eigenvalue weighted by Gasteiger charge is -2.24. The molecule has 0 bridgehead atoms. The Bertz CT molecular complexity index is 794. The first-order chi connectivity index (χ1) is 11.5. The summed E-state index contributed by atoms with van der Waals surface area (Å²) in [6.07, 6.45) is 1.27. The van der Waals surface area contributed by atoms with Gasteiger partial charge >= 0.3 is 0 Å². The van der Waals surface area contributed by atoms with Crippen LogP contribution in [0.5, 0.6) is 0 Å². The van der Waals surface area contributed by atoms with E-state index in [1.54, 1.807) is 0 Å². The van der Waals surface area contributed by atoms with E-state index in [0.717, 1.165) is 11.3 Å². The lowest BCUT2D eigenvalue weighted by molar-refractivity contribution is -0.121. The Morgan fingerprint density at radius 3 is 2.88 bits per heavy atom. The molecule has 124 valence electrons. The fourth-order valence-corrected chi connectivity index (χ4v) is 2.93. The van der Waals surface area contributed by atoms with Crippen molar-refractivity contribution in [1.82, 2.24) is 0 Å². The van der Waals surface area contributed by atoms with E-state index in [0.29, 0.717) is 18.5 Å². The fourth-order valence-electron chi connectivity index (χ4n) is 2.75. The maximum absolute atomic E-state index is 13.1. The van der Waals surface area contributed by atoms with Crippen LogP contribution in [0.15, 0.2) is 42.5 Å². The average molecular weight is 347 g/mol. The molecule has 2 aromatic rings. The number of carbonyl (C=O) groups excluding carboxylic acids is 2. The second kappa shape index (κ2) is 7.01. The molecule has 2 aromatic carbocycles. The molecule has 1 aliphatic rings. The van der Waals surface area contributed by atoms with Gasteiger partial charge in [-0.25, -0.2) is 4.39 Å². The van der Waals surface area contributed by atoms with Crippen molar-refractivity contribution in [3.63, 3.8) is 0 Å². The highest BCUT2D eigenvalue weighted by Crippen LogP contribution is 2.27. The van der Waals surface area contributed by atoms with Gasteiger partial charge in [-0.05, 0) is 42.7 Å². The number of carbonyl (C=O) groups is 2. The third kappa shape index (κ3) is 3.74. The SMILES string of the molecule is O=C(CCC1Cc2ccccc2NC1=O)Nc1ccc(F)c(Cl)c1. The number of hydrogen-bond donors (Lipinski definition) is 2. The van der Waals surface area contributed by atoms with Crippen molar-refractivity contribution in [3.05, 3.63) is 58.9 Å². The number of fused-ring (bicyclic) bond motifs is 1. The first kappa shape index (κ1) is 16.5. The zero-order valence-corrected chi connectivity index (χ0v) is 13.6. The van der Waals surface area contributed by atoms with Gasteiger partial charge in [0, 0.05) is 23.7 Å². The summed E-state index contributed by atoms with van der Waals surface area (Å²) in [6, 6.07) is 11.7. The molecule has 1 atom stereocenters. The Morgan fingerprint density at radius 2 is 2.08 bits per heavy atom. The summed E-state index contributed by atoms with van der Waals surface area (Å²) < 4.78 is 13.1. The third-order valence-electron chi connectivity index (χ3n) is 4.04. The molecule has 3 rings (SSSR count). The normalized spacial score (nSPS) is 16.2. The maximum atomic E-state index is 13.1. The number of halogens is 2. The molecular formula is C18H16ClFN2O2.